The summed E-state index contributed by atoms with van der Waals surface area (Å²) in [6, 6.07) is -0.815. The van der Waals surface area contributed by atoms with E-state index in [2.05, 4.69) is 5.73 Å². The van der Waals surface area contributed by atoms with Crippen LogP contribution in [0, 0.1) is 6.42 Å². The highest BCUT2D eigenvalue weighted by molar-refractivity contribution is 5.97. The van der Waals surface area contributed by atoms with Crippen LogP contribution in [-0.2, 0) is 4.79 Å². The quantitative estimate of drug-likeness (QED) is 0.541. The number of carbonyl (C=O) groups is 2. The Morgan fingerprint density at radius 3 is 2.56 bits per heavy atom. The van der Waals surface area contributed by atoms with Crippen molar-refractivity contribution >= 4 is 11.9 Å². The predicted octanol–water partition coefficient (Wildman–Crippen LogP) is -0.204. The van der Waals surface area contributed by atoms with E-state index in [4.69, 9.17) is 0 Å². The summed E-state index contributed by atoms with van der Waals surface area (Å²) in [5.74, 6) is -0.440. The fourth-order valence-corrected chi connectivity index (χ4v) is 0.358. The molecule has 0 saturated heterocycles. The monoisotopic (exact) mass is 129 g/mol. The number of carbonyl (C=O) groups excluding carboxylic acids is 2. The average molecular weight is 129 g/mol. The summed E-state index contributed by atoms with van der Waals surface area (Å²) in [5.41, 5.74) is 4.63. The van der Waals surface area contributed by atoms with E-state index < -0.39 is 11.9 Å². The van der Waals surface area contributed by atoms with Gasteiger partial charge in [-0.15, -0.1) is 0 Å². The first kappa shape index (κ1) is 7.94. The topological polar surface area (TPSA) is 72.2 Å². The third kappa shape index (κ3) is 4.80. The Kier molecular flexibility index (Phi) is 3.43. The standard InChI is InChI=1S/C5H9N2O2/c1-2-3-4(8)7-5(6)9/h3H,2H2,1H3,(H3,6,7,8,9). The van der Waals surface area contributed by atoms with Gasteiger partial charge in [0.25, 0.3) is 0 Å². The van der Waals surface area contributed by atoms with Gasteiger partial charge in [-0.1, -0.05) is 6.92 Å². The number of nitrogens with one attached hydrogen (secondary N) is 1. The molecule has 3 amide bonds. The number of nitrogens with two attached hydrogens (primary N) is 1. The molecule has 0 aliphatic rings. The summed E-state index contributed by atoms with van der Waals surface area (Å²) < 4.78 is 0. The van der Waals surface area contributed by atoms with Crippen molar-refractivity contribution in [2.45, 2.75) is 13.3 Å². The van der Waals surface area contributed by atoms with Crippen LogP contribution in [0.15, 0.2) is 0 Å². The molecule has 0 unspecified atom stereocenters. The molecule has 0 rings (SSSR count). The fraction of sp³-hybridized carbons (Fsp3) is 0.400. The molecule has 0 aliphatic heterocycles. The van der Waals surface area contributed by atoms with Crippen LogP contribution in [0.1, 0.15) is 13.3 Å². The largest absolute Gasteiger partial charge is 0.351 e. The number of urea groups is 1. The van der Waals surface area contributed by atoms with Crippen LogP contribution in [0.3, 0.4) is 0 Å². The van der Waals surface area contributed by atoms with Gasteiger partial charge >= 0.3 is 6.03 Å². The summed E-state index contributed by atoms with van der Waals surface area (Å²) in [7, 11) is 0. The highest BCUT2D eigenvalue weighted by Crippen LogP contribution is 1.81. The van der Waals surface area contributed by atoms with E-state index in [1.165, 1.54) is 6.42 Å². The van der Waals surface area contributed by atoms with Gasteiger partial charge in [0.15, 0.2) is 0 Å². The smallest absolute Gasteiger partial charge is 0.318 e. The lowest BCUT2D eigenvalue weighted by atomic mass is 10.3. The first-order valence-electron chi connectivity index (χ1n) is 2.60. The van der Waals surface area contributed by atoms with Crippen molar-refractivity contribution in [1.82, 2.24) is 5.32 Å². The van der Waals surface area contributed by atoms with E-state index in [0.717, 1.165) is 0 Å². The maximum absolute atomic E-state index is 10.4. The van der Waals surface area contributed by atoms with E-state index >= 15 is 0 Å². The number of primary amides is 1. The van der Waals surface area contributed by atoms with Gasteiger partial charge in [0, 0.05) is 6.42 Å². The molecule has 0 fully saturated rings. The van der Waals surface area contributed by atoms with Gasteiger partial charge in [-0.05, 0) is 6.42 Å². The minimum Gasteiger partial charge on any atom is -0.351 e. The van der Waals surface area contributed by atoms with Gasteiger partial charge in [0.05, 0.1) is 0 Å². The van der Waals surface area contributed by atoms with Gasteiger partial charge in [0.1, 0.15) is 0 Å². The summed E-state index contributed by atoms with van der Waals surface area (Å²) in [6.07, 6.45) is 1.93. The number of amides is 3. The summed E-state index contributed by atoms with van der Waals surface area (Å²) in [4.78, 5) is 20.3. The molecule has 0 aromatic heterocycles. The van der Waals surface area contributed by atoms with Crippen LogP contribution in [0.2, 0.25) is 0 Å². The van der Waals surface area contributed by atoms with E-state index in [1.54, 1.807) is 6.92 Å². The second-order valence-corrected chi connectivity index (χ2v) is 1.47. The van der Waals surface area contributed by atoms with Crippen LogP contribution in [0.4, 0.5) is 4.79 Å². The van der Waals surface area contributed by atoms with E-state index in [1.807, 2.05) is 5.32 Å². The van der Waals surface area contributed by atoms with Crippen molar-refractivity contribution in [3.05, 3.63) is 6.42 Å². The molecule has 3 N–H and O–H groups in total. The number of hydrogen-bond acceptors (Lipinski definition) is 2. The molecule has 0 spiro atoms. The van der Waals surface area contributed by atoms with Crippen molar-refractivity contribution in [2.24, 2.45) is 5.73 Å². The third-order valence-corrected chi connectivity index (χ3v) is 0.636. The zero-order valence-electron chi connectivity index (χ0n) is 5.18. The SMILES string of the molecule is CC[CH]C(=O)NC(N)=O. The maximum Gasteiger partial charge on any atom is 0.318 e. The Morgan fingerprint density at radius 1 is 1.67 bits per heavy atom. The Bertz CT molecular complexity index is 122. The molecule has 0 saturated carbocycles. The predicted molar refractivity (Wildman–Crippen MR) is 32.3 cm³/mol. The van der Waals surface area contributed by atoms with E-state index in [-0.39, 0.29) is 0 Å². The molecular formula is C5H9N2O2. The molecule has 0 aromatic rings. The Hall–Kier alpha value is -1.06. The molecular weight excluding hydrogens is 120 g/mol. The Labute approximate surface area is 53.4 Å². The normalized spacial score (nSPS) is 8.56. The van der Waals surface area contributed by atoms with Crippen molar-refractivity contribution < 1.29 is 9.59 Å². The summed E-state index contributed by atoms with van der Waals surface area (Å²) in [5, 5.41) is 1.89. The van der Waals surface area contributed by atoms with Crippen LogP contribution in [0.25, 0.3) is 0 Å². The first-order chi connectivity index (χ1) is 4.16. The van der Waals surface area contributed by atoms with Crippen LogP contribution in [0.5, 0.6) is 0 Å². The number of rotatable bonds is 2. The Morgan fingerprint density at radius 2 is 2.22 bits per heavy atom. The molecule has 0 aromatic carbocycles. The van der Waals surface area contributed by atoms with Gasteiger partial charge in [-0.25, -0.2) is 4.79 Å². The maximum atomic E-state index is 10.4. The molecule has 1 radical (unpaired) electrons. The minimum absolute atomic E-state index is 0.440. The molecule has 0 bridgehead atoms. The molecule has 4 nitrogen and oxygen atoms in total. The second-order valence-electron chi connectivity index (χ2n) is 1.47. The molecule has 4 heteroatoms. The number of imide groups is 1. The lowest BCUT2D eigenvalue weighted by Crippen LogP contribution is -2.34. The summed E-state index contributed by atoms with van der Waals surface area (Å²) in [6.45, 7) is 1.79. The molecule has 9 heavy (non-hydrogen) atoms. The summed E-state index contributed by atoms with van der Waals surface area (Å²) >= 11 is 0. The average Bonchev–Trinajstić information content (AvgIpc) is 1.63. The van der Waals surface area contributed by atoms with Gasteiger partial charge < -0.3 is 5.73 Å². The van der Waals surface area contributed by atoms with Crippen molar-refractivity contribution in [3.8, 4) is 0 Å². The van der Waals surface area contributed by atoms with Crippen molar-refractivity contribution in [3.63, 3.8) is 0 Å². The fourth-order valence-electron chi connectivity index (χ4n) is 0.358. The lowest BCUT2D eigenvalue weighted by molar-refractivity contribution is -0.116. The van der Waals surface area contributed by atoms with Crippen LogP contribution < -0.4 is 11.1 Å². The van der Waals surface area contributed by atoms with Crippen molar-refractivity contribution in [2.75, 3.05) is 0 Å². The van der Waals surface area contributed by atoms with E-state index in [0.29, 0.717) is 6.42 Å². The van der Waals surface area contributed by atoms with Crippen LogP contribution >= 0.6 is 0 Å². The first-order valence-corrected chi connectivity index (χ1v) is 2.60. The van der Waals surface area contributed by atoms with E-state index in [9.17, 15) is 9.59 Å². The molecule has 0 aliphatic carbocycles. The zero-order chi connectivity index (χ0) is 7.28. The van der Waals surface area contributed by atoms with Gasteiger partial charge in [0.2, 0.25) is 5.91 Å². The van der Waals surface area contributed by atoms with Crippen LogP contribution in [-0.4, -0.2) is 11.9 Å². The van der Waals surface area contributed by atoms with Crippen molar-refractivity contribution in [1.29, 1.82) is 0 Å². The van der Waals surface area contributed by atoms with Gasteiger partial charge in [-0.3, -0.25) is 10.1 Å². The molecule has 51 valence electrons. The lowest BCUT2D eigenvalue weighted by Gasteiger charge is -1.94. The minimum atomic E-state index is -0.815. The highest BCUT2D eigenvalue weighted by Gasteiger charge is 2.00. The highest BCUT2D eigenvalue weighted by atomic mass is 16.2. The second kappa shape index (κ2) is 3.88. The number of hydrogen-bond donors (Lipinski definition) is 2. The Balaban J connectivity index is 3.39. The van der Waals surface area contributed by atoms with Gasteiger partial charge in [-0.2, -0.15) is 0 Å². The molecule has 0 heterocycles. The molecule has 0 atom stereocenters. The zero-order valence-corrected chi connectivity index (χ0v) is 5.18. The third-order valence-electron chi connectivity index (χ3n) is 0.636.